The molecule has 90 valence electrons. The molecule has 0 unspecified atom stereocenters. The van der Waals surface area contributed by atoms with Gasteiger partial charge in [-0.15, -0.1) is 0 Å². The third-order valence-electron chi connectivity index (χ3n) is 2.75. The normalized spacial score (nSPS) is 12.0. The van der Waals surface area contributed by atoms with Crippen molar-refractivity contribution in [3.8, 4) is 0 Å². The van der Waals surface area contributed by atoms with Crippen LogP contribution in [0.3, 0.4) is 0 Å². The Morgan fingerprint density at radius 2 is 1.71 bits per heavy atom. The second-order valence-corrected chi connectivity index (χ2v) is 5.62. The molecule has 5 nitrogen and oxygen atoms in total. The number of fused-ring (bicyclic) bond motifs is 1. The molecule has 0 spiro atoms. The molecule has 17 heavy (non-hydrogen) atoms. The van der Waals surface area contributed by atoms with Gasteiger partial charge in [-0.25, -0.2) is 0 Å². The van der Waals surface area contributed by atoms with Crippen LogP contribution in [0.1, 0.15) is 11.1 Å². The van der Waals surface area contributed by atoms with Crippen LogP contribution in [0.15, 0.2) is 23.0 Å². The molecule has 0 amide bonds. The average Bonchev–Trinajstić information content (AvgIpc) is 2.18. The van der Waals surface area contributed by atoms with Gasteiger partial charge in [0.05, 0.1) is 0 Å². The fourth-order valence-electron chi connectivity index (χ4n) is 1.68. The third kappa shape index (κ3) is 2.17. The summed E-state index contributed by atoms with van der Waals surface area (Å²) in [4.78, 5) is 32.1. The zero-order valence-corrected chi connectivity index (χ0v) is 10.3. The molecule has 1 aromatic heterocycles. The van der Waals surface area contributed by atoms with Gasteiger partial charge in [-0.05, 0) is 48.6 Å². The predicted molar refractivity (Wildman–Crippen MR) is 65.7 cm³/mol. The first-order valence-corrected chi connectivity index (χ1v) is 6.60. The van der Waals surface area contributed by atoms with E-state index in [2.05, 4.69) is 4.98 Å². The lowest BCUT2D eigenvalue weighted by Crippen LogP contribution is -2.26. The maximum absolute atomic E-state index is 11.5. The number of H-pyrrole nitrogens is 1. The minimum atomic E-state index is -4.53. The van der Waals surface area contributed by atoms with Gasteiger partial charge < -0.3 is 14.8 Å². The molecule has 6 heteroatoms. The van der Waals surface area contributed by atoms with Gasteiger partial charge >= 0.3 is 7.60 Å². The second-order valence-electron chi connectivity index (χ2n) is 4.05. The molecule has 0 aliphatic carbocycles. The molecule has 0 atom stereocenters. The first-order valence-electron chi connectivity index (χ1n) is 4.99. The van der Waals surface area contributed by atoms with Gasteiger partial charge in [0, 0.05) is 5.52 Å². The summed E-state index contributed by atoms with van der Waals surface area (Å²) in [5.74, 6) is 0. The highest BCUT2D eigenvalue weighted by Gasteiger charge is 2.22. The Balaban J connectivity index is 2.86. The Hall–Kier alpha value is -1.42. The fraction of sp³-hybridized carbons (Fsp3) is 0.182. The Bertz CT molecular complexity index is 698. The number of pyridine rings is 1. The van der Waals surface area contributed by atoms with E-state index in [0.717, 1.165) is 11.1 Å². The zero-order chi connectivity index (χ0) is 12.8. The van der Waals surface area contributed by atoms with E-state index in [1.165, 1.54) is 6.07 Å². The van der Waals surface area contributed by atoms with Crippen LogP contribution in [0.25, 0.3) is 10.9 Å². The van der Waals surface area contributed by atoms with E-state index in [-0.39, 0.29) is 0 Å². The van der Waals surface area contributed by atoms with E-state index < -0.39 is 18.5 Å². The second kappa shape index (κ2) is 3.81. The summed E-state index contributed by atoms with van der Waals surface area (Å²) in [6.07, 6.45) is 0. The molecular formula is C11H12NO4P. The summed E-state index contributed by atoms with van der Waals surface area (Å²) in [7, 11) is -4.53. The van der Waals surface area contributed by atoms with Crippen molar-refractivity contribution >= 4 is 23.8 Å². The lowest BCUT2D eigenvalue weighted by molar-refractivity contribution is 0.387. The molecule has 0 bridgehead atoms. The fourth-order valence-corrected chi connectivity index (χ4v) is 2.31. The van der Waals surface area contributed by atoms with Crippen molar-refractivity contribution in [1.82, 2.24) is 4.98 Å². The largest absolute Gasteiger partial charge is 0.361 e. The van der Waals surface area contributed by atoms with E-state index >= 15 is 0 Å². The van der Waals surface area contributed by atoms with E-state index in [1.54, 1.807) is 12.1 Å². The highest BCUT2D eigenvalue weighted by Crippen LogP contribution is 2.32. The third-order valence-corrected chi connectivity index (χ3v) is 3.71. The first-order chi connectivity index (χ1) is 7.79. The Labute approximate surface area is 97.3 Å². The van der Waals surface area contributed by atoms with Crippen LogP contribution in [0.4, 0.5) is 0 Å². The van der Waals surface area contributed by atoms with Crippen molar-refractivity contribution in [2.45, 2.75) is 13.8 Å². The molecule has 0 saturated heterocycles. The van der Waals surface area contributed by atoms with Gasteiger partial charge in [-0.1, -0.05) is 0 Å². The van der Waals surface area contributed by atoms with E-state index in [0.29, 0.717) is 10.9 Å². The summed E-state index contributed by atoms with van der Waals surface area (Å²) in [6, 6.07) is 4.83. The quantitative estimate of drug-likeness (QED) is 0.660. The number of hydrogen-bond acceptors (Lipinski definition) is 2. The van der Waals surface area contributed by atoms with Gasteiger partial charge in [0.25, 0.3) is 5.56 Å². The molecule has 0 aliphatic heterocycles. The minimum absolute atomic E-state index is 0.492. The van der Waals surface area contributed by atoms with E-state index in [1.807, 2.05) is 13.8 Å². The van der Waals surface area contributed by atoms with Crippen LogP contribution >= 0.6 is 7.60 Å². The monoisotopic (exact) mass is 253 g/mol. The molecular weight excluding hydrogens is 241 g/mol. The molecule has 0 saturated carbocycles. The van der Waals surface area contributed by atoms with Gasteiger partial charge in [0.1, 0.15) is 5.30 Å². The number of aromatic nitrogens is 1. The van der Waals surface area contributed by atoms with Crippen LogP contribution in [-0.2, 0) is 4.57 Å². The summed E-state index contributed by atoms with van der Waals surface area (Å²) >= 11 is 0. The van der Waals surface area contributed by atoms with Crippen molar-refractivity contribution in [2.24, 2.45) is 0 Å². The number of hydrogen-bond donors (Lipinski definition) is 3. The standard InChI is InChI=1S/C11H12NO4P/c1-6-3-8-5-10(17(14,15)16)11(13)12-9(8)4-7(6)2/h3-5H,1-2H3,(H,12,13)(H2,14,15,16). The molecule has 3 N–H and O–H groups in total. The number of aromatic amines is 1. The van der Waals surface area contributed by atoms with Gasteiger partial charge in [-0.3, -0.25) is 9.36 Å². The summed E-state index contributed by atoms with van der Waals surface area (Å²) in [6.45, 7) is 3.81. The maximum atomic E-state index is 11.5. The Kier molecular flexibility index (Phi) is 2.70. The summed E-state index contributed by atoms with van der Waals surface area (Å²) < 4.78 is 11.1. The average molecular weight is 253 g/mol. The Morgan fingerprint density at radius 1 is 1.12 bits per heavy atom. The molecule has 1 heterocycles. The van der Waals surface area contributed by atoms with Crippen LogP contribution in [-0.4, -0.2) is 14.8 Å². The zero-order valence-electron chi connectivity index (χ0n) is 9.39. The van der Waals surface area contributed by atoms with Crippen molar-refractivity contribution in [3.05, 3.63) is 39.7 Å². The van der Waals surface area contributed by atoms with E-state index in [9.17, 15) is 9.36 Å². The predicted octanol–water partition coefficient (Wildman–Crippen LogP) is 0.948. The highest BCUT2D eigenvalue weighted by molar-refractivity contribution is 7.60. The molecule has 0 aliphatic rings. The van der Waals surface area contributed by atoms with Crippen molar-refractivity contribution in [3.63, 3.8) is 0 Å². The van der Waals surface area contributed by atoms with Crippen LogP contribution in [0, 0.1) is 13.8 Å². The molecule has 0 fully saturated rings. The number of rotatable bonds is 1. The van der Waals surface area contributed by atoms with Gasteiger partial charge in [0.15, 0.2) is 0 Å². The van der Waals surface area contributed by atoms with E-state index in [4.69, 9.17) is 9.79 Å². The lowest BCUT2D eigenvalue weighted by atomic mass is 10.1. The number of aryl methyl sites for hydroxylation is 2. The summed E-state index contributed by atoms with van der Waals surface area (Å²) in [5.41, 5.74) is 1.85. The molecule has 2 rings (SSSR count). The van der Waals surface area contributed by atoms with Crippen LogP contribution in [0.2, 0.25) is 0 Å². The van der Waals surface area contributed by atoms with Gasteiger partial charge in [0.2, 0.25) is 0 Å². The molecule has 0 radical (unpaired) electrons. The Morgan fingerprint density at radius 3 is 2.29 bits per heavy atom. The maximum Gasteiger partial charge on any atom is 0.361 e. The highest BCUT2D eigenvalue weighted by atomic mass is 31.2. The van der Waals surface area contributed by atoms with Crippen LogP contribution in [0.5, 0.6) is 0 Å². The van der Waals surface area contributed by atoms with Crippen molar-refractivity contribution in [1.29, 1.82) is 0 Å². The van der Waals surface area contributed by atoms with Crippen molar-refractivity contribution in [2.75, 3.05) is 0 Å². The number of nitrogens with one attached hydrogen (secondary N) is 1. The van der Waals surface area contributed by atoms with Crippen LogP contribution < -0.4 is 10.9 Å². The SMILES string of the molecule is Cc1cc2cc(P(=O)(O)O)c(=O)[nH]c2cc1C. The molecule has 1 aromatic carbocycles. The molecule has 2 aromatic rings. The summed E-state index contributed by atoms with van der Waals surface area (Å²) in [5, 5.41) is 0.124. The topological polar surface area (TPSA) is 90.4 Å². The first kappa shape index (κ1) is 12.0. The smallest absolute Gasteiger partial charge is 0.321 e. The lowest BCUT2D eigenvalue weighted by Gasteiger charge is -2.07. The van der Waals surface area contributed by atoms with Crippen molar-refractivity contribution < 1.29 is 14.4 Å². The number of benzene rings is 1. The van der Waals surface area contributed by atoms with Gasteiger partial charge in [-0.2, -0.15) is 0 Å². The minimum Gasteiger partial charge on any atom is -0.321 e.